The number of carbonyl (C=O) groups is 2. The average molecular weight is 568 g/mol. The molecule has 0 saturated heterocycles. The lowest BCUT2D eigenvalue weighted by atomic mass is 9.85. The van der Waals surface area contributed by atoms with Crippen molar-refractivity contribution in [3.05, 3.63) is 101 Å². The molecule has 0 aliphatic heterocycles. The monoisotopic (exact) mass is 567 g/mol. The van der Waals surface area contributed by atoms with Crippen molar-refractivity contribution in [3.63, 3.8) is 0 Å². The van der Waals surface area contributed by atoms with Gasteiger partial charge < -0.3 is 35.8 Å². The highest BCUT2D eigenvalue weighted by atomic mass is 16.5. The number of carbonyl (C=O) groups excluding carboxylic acids is 2. The molecule has 0 saturated carbocycles. The van der Waals surface area contributed by atoms with Crippen LogP contribution in [0.2, 0.25) is 0 Å². The van der Waals surface area contributed by atoms with Gasteiger partial charge in [-0.2, -0.15) is 0 Å². The number of benzene rings is 3. The summed E-state index contributed by atoms with van der Waals surface area (Å²) in [6, 6.07) is 22.6. The summed E-state index contributed by atoms with van der Waals surface area (Å²) in [4.78, 5) is 34.3. The van der Waals surface area contributed by atoms with Crippen molar-refractivity contribution in [3.8, 4) is 0 Å². The third-order valence-corrected chi connectivity index (χ3v) is 7.87. The van der Waals surface area contributed by atoms with Crippen LogP contribution in [0.15, 0.2) is 72.8 Å². The number of H-pyrrole nitrogens is 2. The van der Waals surface area contributed by atoms with Gasteiger partial charge in [0.05, 0.1) is 20.1 Å². The number of nitrogens with zero attached hydrogens (tertiary/aromatic N) is 1. The molecule has 3 aromatic carbocycles. The summed E-state index contributed by atoms with van der Waals surface area (Å²) < 4.78 is 9.94. The van der Waals surface area contributed by atoms with Crippen LogP contribution < -0.4 is 16.4 Å². The second-order valence-corrected chi connectivity index (χ2v) is 10.7. The molecule has 9 nitrogen and oxygen atoms in total. The summed E-state index contributed by atoms with van der Waals surface area (Å²) in [6.45, 7) is 0. The molecule has 0 fully saturated rings. The zero-order valence-electron chi connectivity index (χ0n) is 24.3. The minimum atomic E-state index is -0.848. The minimum absolute atomic E-state index is 0.273. The third kappa shape index (κ3) is 5.48. The van der Waals surface area contributed by atoms with Crippen LogP contribution in [0.1, 0.15) is 34.0 Å². The Labute approximate surface area is 244 Å². The Balaban J connectivity index is 1.78. The van der Waals surface area contributed by atoms with E-state index in [2.05, 4.69) is 34.2 Å². The van der Waals surface area contributed by atoms with Crippen LogP contribution in [0.4, 0.5) is 5.69 Å². The first kappa shape index (κ1) is 28.9. The van der Waals surface area contributed by atoms with Crippen LogP contribution in [0.5, 0.6) is 0 Å². The molecule has 2 unspecified atom stereocenters. The highest BCUT2D eigenvalue weighted by Crippen LogP contribution is 2.41. The molecule has 9 heteroatoms. The topological polar surface area (TPSA) is 139 Å². The first-order valence-electron chi connectivity index (χ1n) is 13.9. The van der Waals surface area contributed by atoms with Gasteiger partial charge in [0.2, 0.25) is 0 Å². The second-order valence-electron chi connectivity index (χ2n) is 10.7. The molecule has 2 heterocycles. The van der Waals surface area contributed by atoms with E-state index >= 15 is 0 Å². The molecule has 2 atom stereocenters. The summed E-state index contributed by atoms with van der Waals surface area (Å²) in [6.07, 6.45) is 0.547. The van der Waals surface area contributed by atoms with Crippen LogP contribution >= 0.6 is 0 Å². The lowest BCUT2D eigenvalue weighted by Crippen LogP contribution is -2.34. The number of aromatic amines is 2. The van der Waals surface area contributed by atoms with E-state index in [1.54, 1.807) is 0 Å². The lowest BCUT2D eigenvalue weighted by molar-refractivity contribution is -0.142. The fourth-order valence-electron chi connectivity index (χ4n) is 5.73. The number of aromatic nitrogens is 2. The Hall–Kier alpha value is -4.60. The average Bonchev–Trinajstić information content (AvgIpc) is 3.54. The quantitative estimate of drug-likeness (QED) is 0.187. The standard InChI is InChI=1S/C33H37N5O4/c1-38(2)20-15-13-19(14-16-20)29(30-23(17-25(34)32(39)41-3)21-9-5-7-11-27(21)36-30)31-24(18-26(35)33(40)42-4)22-10-6-8-12-28(22)37-31/h5-16,25-26,29,36-37H,17-18,34-35H2,1-4H3. The van der Waals surface area contributed by atoms with Crippen molar-refractivity contribution in [1.29, 1.82) is 0 Å². The van der Waals surface area contributed by atoms with Crippen LogP contribution in [0, 0.1) is 0 Å². The number of para-hydroxylation sites is 2. The van der Waals surface area contributed by atoms with E-state index in [4.69, 9.17) is 20.9 Å². The van der Waals surface area contributed by atoms with E-state index in [9.17, 15) is 9.59 Å². The first-order valence-corrected chi connectivity index (χ1v) is 13.9. The number of nitrogens with one attached hydrogen (secondary N) is 2. The summed E-state index contributed by atoms with van der Waals surface area (Å²) in [7, 11) is 6.68. The molecule has 0 aliphatic carbocycles. The minimum Gasteiger partial charge on any atom is -0.468 e. The Morgan fingerprint density at radius 1 is 0.714 bits per heavy atom. The predicted molar refractivity (Wildman–Crippen MR) is 166 cm³/mol. The lowest BCUT2D eigenvalue weighted by Gasteiger charge is -2.22. The fraction of sp³-hybridized carbons (Fsp3) is 0.273. The highest BCUT2D eigenvalue weighted by molar-refractivity contribution is 5.89. The van der Waals surface area contributed by atoms with Gasteiger partial charge in [-0.25, -0.2) is 0 Å². The van der Waals surface area contributed by atoms with E-state index in [1.165, 1.54) is 14.2 Å². The van der Waals surface area contributed by atoms with E-state index in [-0.39, 0.29) is 18.8 Å². The van der Waals surface area contributed by atoms with Crippen LogP contribution in [0.25, 0.3) is 21.8 Å². The zero-order chi connectivity index (χ0) is 30.0. The van der Waals surface area contributed by atoms with Crippen molar-refractivity contribution < 1.29 is 19.1 Å². The number of nitrogens with two attached hydrogens (primary N) is 2. The number of hydrogen-bond donors (Lipinski definition) is 4. The molecule has 0 amide bonds. The molecule has 0 spiro atoms. The number of methoxy groups -OCH3 is 2. The fourth-order valence-corrected chi connectivity index (χ4v) is 5.73. The van der Waals surface area contributed by atoms with E-state index in [0.29, 0.717) is 0 Å². The molecule has 0 radical (unpaired) electrons. The van der Waals surface area contributed by atoms with Gasteiger partial charge in [-0.1, -0.05) is 48.5 Å². The maximum absolute atomic E-state index is 12.5. The molecule has 218 valence electrons. The maximum Gasteiger partial charge on any atom is 0.322 e. The molecular weight excluding hydrogens is 530 g/mol. The number of ether oxygens (including phenoxy) is 2. The van der Waals surface area contributed by atoms with Crippen molar-refractivity contribution in [2.75, 3.05) is 33.2 Å². The van der Waals surface area contributed by atoms with Gasteiger partial charge in [-0.05, 0) is 41.0 Å². The van der Waals surface area contributed by atoms with Crippen LogP contribution in [-0.2, 0) is 31.9 Å². The van der Waals surface area contributed by atoms with Crippen molar-refractivity contribution in [2.45, 2.75) is 30.8 Å². The molecule has 42 heavy (non-hydrogen) atoms. The Kier molecular flexibility index (Phi) is 8.33. The van der Waals surface area contributed by atoms with Gasteiger partial charge in [-0.15, -0.1) is 0 Å². The Morgan fingerprint density at radius 2 is 1.14 bits per heavy atom. The molecule has 0 aliphatic rings. The molecular formula is C33H37N5O4. The van der Waals surface area contributed by atoms with Crippen LogP contribution in [-0.4, -0.2) is 62.3 Å². The smallest absolute Gasteiger partial charge is 0.322 e. The highest BCUT2D eigenvalue weighted by Gasteiger charge is 2.31. The van der Waals surface area contributed by atoms with Gasteiger partial charge in [0.15, 0.2) is 0 Å². The van der Waals surface area contributed by atoms with E-state index < -0.39 is 24.0 Å². The Morgan fingerprint density at radius 3 is 1.55 bits per heavy atom. The Bertz CT molecular complexity index is 1620. The molecule has 2 aromatic heterocycles. The molecule has 5 rings (SSSR count). The summed E-state index contributed by atoms with van der Waals surface area (Å²) >= 11 is 0. The van der Waals surface area contributed by atoms with Crippen molar-refractivity contribution >= 4 is 39.4 Å². The van der Waals surface area contributed by atoms with E-state index in [1.807, 2.05) is 67.5 Å². The first-order chi connectivity index (χ1) is 20.2. The van der Waals surface area contributed by atoms with Crippen molar-refractivity contribution in [2.24, 2.45) is 11.5 Å². The normalized spacial score (nSPS) is 13.6. The van der Waals surface area contributed by atoms with Gasteiger partial charge in [0.1, 0.15) is 12.1 Å². The third-order valence-electron chi connectivity index (χ3n) is 7.87. The van der Waals surface area contributed by atoms with Gasteiger partial charge in [0, 0.05) is 65.8 Å². The zero-order valence-corrected chi connectivity index (χ0v) is 24.3. The number of esters is 2. The predicted octanol–water partition coefficient (Wildman–Crippen LogP) is 3.98. The summed E-state index contributed by atoms with van der Waals surface area (Å²) in [5.74, 6) is -1.29. The van der Waals surface area contributed by atoms with Gasteiger partial charge in [-0.3, -0.25) is 9.59 Å². The molecule has 0 bridgehead atoms. The van der Waals surface area contributed by atoms with Crippen molar-refractivity contribution in [1.82, 2.24) is 9.97 Å². The molecule has 6 N–H and O–H groups in total. The summed E-state index contributed by atoms with van der Waals surface area (Å²) in [5.41, 5.74) is 20.3. The number of fused-ring (bicyclic) bond motifs is 2. The number of anilines is 1. The largest absolute Gasteiger partial charge is 0.468 e. The molecule has 5 aromatic rings. The second kappa shape index (κ2) is 12.1. The summed E-state index contributed by atoms with van der Waals surface area (Å²) in [5, 5.41) is 1.95. The SMILES string of the molecule is COC(=O)C(N)Cc1c(C(c2ccc(N(C)C)cc2)c2[nH]c3ccccc3c2CC(N)C(=O)OC)[nH]c2ccccc12. The van der Waals surface area contributed by atoms with Crippen LogP contribution in [0.3, 0.4) is 0 Å². The number of hydrogen-bond acceptors (Lipinski definition) is 7. The number of rotatable bonds is 10. The maximum atomic E-state index is 12.5. The van der Waals surface area contributed by atoms with Gasteiger partial charge in [0.25, 0.3) is 0 Å². The van der Waals surface area contributed by atoms with Gasteiger partial charge >= 0.3 is 11.9 Å². The van der Waals surface area contributed by atoms with E-state index in [0.717, 1.165) is 55.6 Å².